The minimum absolute atomic E-state index is 0.346. The lowest BCUT2D eigenvalue weighted by Gasteiger charge is -2.37. The maximum Gasteiger partial charge on any atom is 0.0991 e. The first-order chi connectivity index (χ1) is 10.8. The van der Waals surface area contributed by atoms with Crippen LogP contribution in [-0.2, 0) is 16.0 Å². The van der Waals surface area contributed by atoms with Gasteiger partial charge in [0.25, 0.3) is 0 Å². The molecule has 118 valence electrons. The third kappa shape index (κ3) is 3.49. The summed E-state index contributed by atoms with van der Waals surface area (Å²) >= 11 is 0. The molecule has 1 aromatic carbocycles. The fraction of sp³-hybridized carbons (Fsp3) is 0.611. The lowest BCUT2D eigenvalue weighted by Crippen LogP contribution is -2.47. The molecule has 3 atom stereocenters. The van der Waals surface area contributed by atoms with Gasteiger partial charge in [-0.1, -0.05) is 12.1 Å². The summed E-state index contributed by atoms with van der Waals surface area (Å²) < 4.78 is 11.6. The Balaban J connectivity index is 1.65. The Morgan fingerprint density at radius 2 is 2.32 bits per heavy atom. The number of morpholine rings is 1. The van der Waals surface area contributed by atoms with Crippen LogP contribution in [-0.4, -0.2) is 43.4 Å². The number of nitriles is 1. The second kappa shape index (κ2) is 7.23. The van der Waals surface area contributed by atoms with Gasteiger partial charge in [0.15, 0.2) is 0 Å². The van der Waals surface area contributed by atoms with Crippen LogP contribution in [0.15, 0.2) is 24.3 Å². The minimum atomic E-state index is 0.346. The zero-order chi connectivity index (χ0) is 15.4. The summed E-state index contributed by atoms with van der Waals surface area (Å²) in [5.74, 6) is 0.612. The Bertz CT molecular complexity index is 540. The smallest absolute Gasteiger partial charge is 0.0991 e. The van der Waals surface area contributed by atoms with E-state index < -0.39 is 0 Å². The summed E-state index contributed by atoms with van der Waals surface area (Å²) in [6.07, 6.45) is 2.61. The summed E-state index contributed by atoms with van der Waals surface area (Å²) in [4.78, 5) is 2.52. The summed E-state index contributed by atoms with van der Waals surface area (Å²) in [6, 6.07) is 10.6. The van der Waals surface area contributed by atoms with Crippen LogP contribution in [0.4, 0.5) is 0 Å². The maximum atomic E-state index is 9.04. The molecule has 0 spiro atoms. The predicted molar refractivity (Wildman–Crippen MR) is 84.3 cm³/mol. The van der Waals surface area contributed by atoms with Crippen LogP contribution in [0.3, 0.4) is 0 Å². The van der Waals surface area contributed by atoms with Crippen LogP contribution in [0.2, 0.25) is 0 Å². The number of fused-ring (bicyclic) bond motifs is 1. The van der Waals surface area contributed by atoms with E-state index in [1.807, 2.05) is 25.1 Å². The Hall–Kier alpha value is -1.41. The van der Waals surface area contributed by atoms with E-state index in [1.54, 1.807) is 0 Å². The van der Waals surface area contributed by atoms with Gasteiger partial charge in [0.1, 0.15) is 0 Å². The summed E-state index contributed by atoms with van der Waals surface area (Å²) in [5.41, 5.74) is 1.95. The first-order valence-corrected chi connectivity index (χ1v) is 8.22. The molecule has 1 saturated carbocycles. The van der Waals surface area contributed by atoms with Crippen molar-refractivity contribution in [1.82, 2.24) is 4.90 Å². The van der Waals surface area contributed by atoms with E-state index in [1.165, 1.54) is 5.56 Å². The topological polar surface area (TPSA) is 45.5 Å². The van der Waals surface area contributed by atoms with E-state index in [2.05, 4.69) is 17.0 Å². The molecule has 4 nitrogen and oxygen atoms in total. The van der Waals surface area contributed by atoms with Gasteiger partial charge in [-0.3, -0.25) is 4.90 Å². The highest BCUT2D eigenvalue weighted by Crippen LogP contribution is 2.35. The van der Waals surface area contributed by atoms with Crippen LogP contribution in [0.1, 0.15) is 30.9 Å². The van der Waals surface area contributed by atoms with Gasteiger partial charge in [0.2, 0.25) is 0 Å². The monoisotopic (exact) mass is 300 g/mol. The lowest BCUT2D eigenvalue weighted by atomic mass is 10.1. The summed E-state index contributed by atoms with van der Waals surface area (Å²) in [7, 11) is 0. The van der Waals surface area contributed by atoms with Crippen molar-refractivity contribution in [1.29, 1.82) is 5.26 Å². The van der Waals surface area contributed by atoms with Gasteiger partial charge >= 0.3 is 0 Å². The number of benzene rings is 1. The Morgan fingerprint density at radius 3 is 3.14 bits per heavy atom. The van der Waals surface area contributed by atoms with Crippen LogP contribution in [0.5, 0.6) is 0 Å². The molecule has 0 N–H and O–H groups in total. The average Bonchev–Trinajstić information content (AvgIpc) is 2.97. The molecule has 0 radical (unpaired) electrons. The molecule has 0 bridgehead atoms. The van der Waals surface area contributed by atoms with Gasteiger partial charge in [-0.15, -0.1) is 0 Å². The Morgan fingerprint density at radius 1 is 1.41 bits per heavy atom. The molecule has 1 unspecified atom stereocenters. The van der Waals surface area contributed by atoms with Gasteiger partial charge in [-0.2, -0.15) is 5.26 Å². The number of ether oxygens (including phenoxy) is 2. The molecule has 1 aliphatic carbocycles. The van der Waals surface area contributed by atoms with Crippen molar-refractivity contribution in [3.8, 4) is 6.07 Å². The average molecular weight is 300 g/mol. The molecular weight excluding hydrogens is 276 g/mol. The fourth-order valence-electron chi connectivity index (χ4n) is 3.72. The largest absolute Gasteiger partial charge is 0.381 e. The second-order valence-electron chi connectivity index (χ2n) is 6.26. The highest BCUT2D eigenvalue weighted by Gasteiger charge is 2.40. The van der Waals surface area contributed by atoms with Crippen molar-refractivity contribution in [2.24, 2.45) is 5.92 Å². The molecule has 4 heteroatoms. The van der Waals surface area contributed by atoms with Crippen LogP contribution in [0.25, 0.3) is 0 Å². The predicted octanol–water partition coefficient (Wildman–Crippen LogP) is 2.57. The quantitative estimate of drug-likeness (QED) is 0.838. The summed E-state index contributed by atoms with van der Waals surface area (Å²) in [6.45, 7) is 6.37. The molecule has 22 heavy (non-hydrogen) atoms. The van der Waals surface area contributed by atoms with Gasteiger partial charge in [-0.05, 0) is 43.4 Å². The van der Waals surface area contributed by atoms with E-state index in [0.29, 0.717) is 18.1 Å². The minimum Gasteiger partial charge on any atom is -0.381 e. The molecule has 0 amide bonds. The van der Waals surface area contributed by atoms with Crippen LogP contribution >= 0.6 is 0 Å². The molecule has 1 aromatic rings. The van der Waals surface area contributed by atoms with E-state index in [9.17, 15) is 0 Å². The SMILES string of the molecule is CCOCC1C[C@@H]2OCCN(Cc3cccc(C#N)c3)[C@H]2C1. The second-order valence-corrected chi connectivity index (χ2v) is 6.26. The molecule has 2 fully saturated rings. The summed E-state index contributed by atoms with van der Waals surface area (Å²) in [5, 5.41) is 9.04. The Labute approximate surface area is 132 Å². The van der Waals surface area contributed by atoms with Crippen molar-refractivity contribution in [2.75, 3.05) is 26.4 Å². The van der Waals surface area contributed by atoms with Gasteiger partial charge in [0, 0.05) is 32.3 Å². The van der Waals surface area contributed by atoms with E-state index >= 15 is 0 Å². The Kier molecular flexibility index (Phi) is 5.09. The number of nitrogens with zero attached hydrogens (tertiary/aromatic N) is 2. The van der Waals surface area contributed by atoms with Gasteiger partial charge in [-0.25, -0.2) is 0 Å². The first kappa shape index (κ1) is 15.5. The lowest BCUT2D eigenvalue weighted by molar-refractivity contribution is -0.0591. The van der Waals surface area contributed by atoms with Gasteiger partial charge < -0.3 is 9.47 Å². The fourth-order valence-corrected chi connectivity index (χ4v) is 3.72. The molecule has 2 aliphatic rings. The molecule has 1 saturated heterocycles. The number of hydrogen-bond acceptors (Lipinski definition) is 4. The van der Waals surface area contributed by atoms with Crippen molar-refractivity contribution in [3.63, 3.8) is 0 Å². The van der Waals surface area contributed by atoms with Crippen molar-refractivity contribution < 1.29 is 9.47 Å². The number of hydrogen-bond donors (Lipinski definition) is 0. The van der Waals surface area contributed by atoms with Crippen molar-refractivity contribution >= 4 is 0 Å². The van der Waals surface area contributed by atoms with E-state index in [0.717, 1.165) is 51.3 Å². The van der Waals surface area contributed by atoms with E-state index in [-0.39, 0.29) is 0 Å². The molecule has 1 aliphatic heterocycles. The molecule has 0 aromatic heterocycles. The normalized spacial score (nSPS) is 28.3. The van der Waals surface area contributed by atoms with Crippen molar-refractivity contribution in [3.05, 3.63) is 35.4 Å². The van der Waals surface area contributed by atoms with Crippen molar-refractivity contribution in [2.45, 2.75) is 38.5 Å². The van der Waals surface area contributed by atoms with Crippen LogP contribution in [0, 0.1) is 17.2 Å². The maximum absolute atomic E-state index is 9.04. The van der Waals surface area contributed by atoms with Gasteiger partial charge in [0.05, 0.1) is 24.3 Å². The zero-order valence-corrected chi connectivity index (χ0v) is 13.2. The highest BCUT2D eigenvalue weighted by molar-refractivity contribution is 5.32. The van der Waals surface area contributed by atoms with E-state index in [4.69, 9.17) is 14.7 Å². The highest BCUT2D eigenvalue weighted by atomic mass is 16.5. The number of rotatable bonds is 5. The van der Waals surface area contributed by atoms with Crippen LogP contribution < -0.4 is 0 Å². The molecule has 3 rings (SSSR count). The standard InChI is InChI=1S/C18H24N2O2/c1-2-21-13-16-9-17-18(10-16)22-7-6-20(17)12-15-5-3-4-14(8-15)11-19/h3-5,8,16-18H,2,6-7,9-10,12-13H2,1H3/t16?,17-,18-/m0/s1. The molecular formula is C18H24N2O2. The third-order valence-electron chi connectivity index (χ3n) is 4.75. The third-order valence-corrected chi connectivity index (χ3v) is 4.75. The first-order valence-electron chi connectivity index (χ1n) is 8.22. The zero-order valence-electron chi connectivity index (χ0n) is 13.2. The molecule has 1 heterocycles.